The van der Waals surface area contributed by atoms with Crippen LogP contribution in [0.3, 0.4) is 0 Å². The molecule has 2 atom stereocenters. The molecule has 1 amide bonds. The average molecular weight is 254 g/mol. The molecule has 0 aliphatic heterocycles. The fraction of sp³-hybridized carbons (Fsp3) is 0.615. The first-order valence-corrected chi connectivity index (χ1v) is 6.31. The molecule has 0 heterocycles. The summed E-state index contributed by atoms with van der Waals surface area (Å²) in [6.45, 7) is 0. The summed E-state index contributed by atoms with van der Waals surface area (Å²) in [5.41, 5.74) is 5.23. The Morgan fingerprint density at radius 3 is 2.61 bits per heavy atom. The van der Waals surface area contributed by atoms with Crippen molar-refractivity contribution in [1.82, 2.24) is 5.32 Å². The van der Waals surface area contributed by atoms with Crippen LogP contribution in [-0.4, -0.2) is 29.0 Å². The summed E-state index contributed by atoms with van der Waals surface area (Å²) in [5.74, 6) is -3.57. The van der Waals surface area contributed by atoms with Crippen LogP contribution in [-0.2, 0) is 4.79 Å². The molecule has 0 spiro atoms. The Morgan fingerprint density at radius 2 is 2.00 bits per heavy atom. The van der Waals surface area contributed by atoms with Crippen molar-refractivity contribution in [2.75, 3.05) is 0 Å². The van der Waals surface area contributed by atoms with Gasteiger partial charge in [0.1, 0.15) is 5.92 Å². The number of nitrogens with one attached hydrogen (secondary N) is 1. The number of rotatable bonds is 3. The molecule has 4 nitrogen and oxygen atoms in total. The number of aliphatic hydroxyl groups is 1. The van der Waals surface area contributed by atoms with E-state index in [9.17, 15) is 14.3 Å². The minimum atomic E-state index is -1.91. The highest BCUT2D eigenvalue weighted by Crippen LogP contribution is 2.29. The largest absolute Gasteiger partial charge is 0.393 e. The van der Waals surface area contributed by atoms with Crippen LogP contribution in [0.15, 0.2) is 24.3 Å². The maximum Gasteiger partial charge on any atom is 0.229 e. The zero-order valence-corrected chi connectivity index (χ0v) is 10.2. The Hall–Kier alpha value is -1.20. The lowest BCUT2D eigenvalue weighted by atomic mass is 9.87. The Kier molecular flexibility index (Phi) is 3.82. The van der Waals surface area contributed by atoms with Crippen molar-refractivity contribution in [2.24, 2.45) is 11.7 Å². The van der Waals surface area contributed by atoms with Gasteiger partial charge in [-0.25, -0.2) is 4.39 Å². The van der Waals surface area contributed by atoms with Crippen molar-refractivity contribution >= 4 is 5.91 Å². The number of alkyl halides is 1. The molecular formula is C13H19FN2O2. The maximum absolute atomic E-state index is 14.8. The van der Waals surface area contributed by atoms with E-state index in [4.69, 9.17) is 5.73 Å². The molecule has 0 aromatic carbocycles. The number of carbonyl (C=O) groups excluding carboxylic acids is 1. The maximum atomic E-state index is 14.8. The predicted molar refractivity (Wildman–Crippen MR) is 66.2 cm³/mol. The number of allylic oxidation sites excluding steroid dienone is 2. The van der Waals surface area contributed by atoms with Gasteiger partial charge in [0.15, 0.2) is 5.79 Å². The van der Waals surface area contributed by atoms with Crippen LogP contribution in [0.25, 0.3) is 0 Å². The first-order chi connectivity index (χ1) is 8.51. The highest BCUT2D eigenvalue weighted by molar-refractivity contribution is 5.80. The summed E-state index contributed by atoms with van der Waals surface area (Å²) in [4.78, 5) is 11.3. The standard InChI is InChI=1S/C13H19FN2O2/c14-13(8-2-1-3-11(13)12(15)18)16-9-4-6-10(17)7-5-9/h1-3,8-11,16-17H,4-7H2,(H2,15,18). The van der Waals surface area contributed by atoms with Crippen LogP contribution in [0.1, 0.15) is 25.7 Å². The summed E-state index contributed by atoms with van der Waals surface area (Å²) in [6, 6.07) is -0.0311. The predicted octanol–water partition coefficient (Wildman–Crippen LogP) is 0.773. The van der Waals surface area contributed by atoms with Gasteiger partial charge in [-0.05, 0) is 31.8 Å². The van der Waals surface area contributed by atoms with E-state index in [1.54, 1.807) is 12.2 Å². The van der Waals surface area contributed by atoms with E-state index in [0.29, 0.717) is 25.7 Å². The number of primary amides is 1. The molecule has 1 fully saturated rings. The lowest BCUT2D eigenvalue weighted by molar-refractivity contribution is -0.124. The third-order valence-electron chi connectivity index (χ3n) is 3.63. The van der Waals surface area contributed by atoms with Gasteiger partial charge in [0.2, 0.25) is 5.91 Å². The Bertz CT molecular complexity index is 375. The van der Waals surface area contributed by atoms with E-state index in [1.165, 1.54) is 12.2 Å². The quantitative estimate of drug-likeness (QED) is 0.651. The molecule has 2 rings (SSSR count). The van der Waals surface area contributed by atoms with Crippen molar-refractivity contribution in [3.05, 3.63) is 24.3 Å². The van der Waals surface area contributed by atoms with Crippen molar-refractivity contribution in [2.45, 2.75) is 43.6 Å². The van der Waals surface area contributed by atoms with Crippen LogP contribution >= 0.6 is 0 Å². The van der Waals surface area contributed by atoms with Gasteiger partial charge >= 0.3 is 0 Å². The zero-order chi connectivity index (χ0) is 13.2. The van der Waals surface area contributed by atoms with E-state index >= 15 is 0 Å². The summed E-state index contributed by atoms with van der Waals surface area (Å²) in [5, 5.41) is 12.3. The van der Waals surface area contributed by atoms with Crippen molar-refractivity contribution < 1.29 is 14.3 Å². The molecule has 0 aromatic rings. The molecule has 2 aliphatic rings. The van der Waals surface area contributed by atoms with E-state index in [1.807, 2.05) is 0 Å². The first-order valence-electron chi connectivity index (χ1n) is 6.31. The number of halogens is 1. The summed E-state index contributed by atoms with van der Waals surface area (Å²) >= 11 is 0. The monoisotopic (exact) mass is 254 g/mol. The molecule has 2 aliphatic carbocycles. The van der Waals surface area contributed by atoms with Crippen LogP contribution in [0.5, 0.6) is 0 Å². The van der Waals surface area contributed by atoms with Crippen LogP contribution in [0.2, 0.25) is 0 Å². The second-order valence-corrected chi connectivity index (χ2v) is 5.04. The molecule has 2 unspecified atom stereocenters. The highest BCUT2D eigenvalue weighted by Gasteiger charge is 2.41. The average Bonchev–Trinajstić information content (AvgIpc) is 2.32. The normalized spacial score (nSPS) is 39.8. The first kappa shape index (κ1) is 13.2. The lowest BCUT2D eigenvalue weighted by Crippen LogP contribution is -2.55. The molecule has 18 heavy (non-hydrogen) atoms. The van der Waals surface area contributed by atoms with Crippen LogP contribution < -0.4 is 11.1 Å². The van der Waals surface area contributed by atoms with Gasteiger partial charge in [-0.1, -0.05) is 18.2 Å². The summed E-state index contributed by atoms with van der Waals surface area (Å²) < 4.78 is 14.8. The van der Waals surface area contributed by atoms with Crippen molar-refractivity contribution in [3.63, 3.8) is 0 Å². The van der Waals surface area contributed by atoms with E-state index in [-0.39, 0.29) is 12.1 Å². The second kappa shape index (κ2) is 5.20. The van der Waals surface area contributed by atoms with Gasteiger partial charge in [0, 0.05) is 6.04 Å². The van der Waals surface area contributed by atoms with E-state index < -0.39 is 17.6 Å². The summed E-state index contributed by atoms with van der Waals surface area (Å²) in [6.07, 6.45) is 8.46. The number of hydrogen-bond acceptors (Lipinski definition) is 3. The molecule has 5 heteroatoms. The van der Waals surface area contributed by atoms with Crippen LogP contribution in [0.4, 0.5) is 4.39 Å². The molecule has 0 saturated heterocycles. The van der Waals surface area contributed by atoms with Crippen molar-refractivity contribution in [1.29, 1.82) is 0 Å². The SMILES string of the molecule is NC(=O)C1C=CC=CC1(F)NC1CCC(O)CC1. The second-order valence-electron chi connectivity index (χ2n) is 5.04. The Labute approximate surface area is 106 Å². The molecule has 0 radical (unpaired) electrons. The fourth-order valence-corrected chi connectivity index (χ4v) is 2.59. The van der Waals surface area contributed by atoms with Crippen molar-refractivity contribution in [3.8, 4) is 0 Å². The number of aliphatic hydroxyl groups excluding tert-OH is 1. The summed E-state index contributed by atoms with van der Waals surface area (Å²) in [7, 11) is 0. The molecule has 100 valence electrons. The fourth-order valence-electron chi connectivity index (χ4n) is 2.59. The van der Waals surface area contributed by atoms with Gasteiger partial charge in [0.25, 0.3) is 0 Å². The number of hydrogen-bond donors (Lipinski definition) is 3. The number of nitrogens with two attached hydrogens (primary N) is 1. The van der Waals surface area contributed by atoms with Gasteiger partial charge in [-0.3, -0.25) is 10.1 Å². The van der Waals surface area contributed by atoms with Gasteiger partial charge in [-0.15, -0.1) is 0 Å². The minimum Gasteiger partial charge on any atom is -0.393 e. The molecule has 0 aromatic heterocycles. The van der Waals surface area contributed by atoms with Gasteiger partial charge in [0.05, 0.1) is 6.10 Å². The molecular weight excluding hydrogens is 235 g/mol. The van der Waals surface area contributed by atoms with Crippen LogP contribution in [0, 0.1) is 5.92 Å². The number of amides is 1. The highest BCUT2D eigenvalue weighted by atomic mass is 19.1. The molecule has 4 N–H and O–H groups in total. The smallest absolute Gasteiger partial charge is 0.229 e. The topological polar surface area (TPSA) is 75.4 Å². The minimum absolute atomic E-state index is 0.0311. The Balaban J connectivity index is 2.03. The third kappa shape index (κ3) is 2.79. The lowest BCUT2D eigenvalue weighted by Gasteiger charge is -2.36. The third-order valence-corrected chi connectivity index (χ3v) is 3.63. The molecule has 0 bridgehead atoms. The molecule has 1 saturated carbocycles. The van der Waals surface area contributed by atoms with E-state index in [0.717, 1.165) is 0 Å². The zero-order valence-electron chi connectivity index (χ0n) is 10.2. The van der Waals surface area contributed by atoms with E-state index in [2.05, 4.69) is 5.32 Å². The Morgan fingerprint density at radius 1 is 1.33 bits per heavy atom. The number of carbonyl (C=O) groups is 1. The van der Waals surface area contributed by atoms with Gasteiger partial charge in [-0.2, -0.15) is 0 Å². The van der Waals surface area contributed by atoms with Gasteiger partial charge < -0.3 is 10.8 Å².